The lowest BCUT2D eigenvalue weighted by atomic mass is 9.75. The Kier molecular flexibility index (Phi) is 3.02. The maximum atomic E-state index is 2.46. The number of nitrogens with zero attached hydrogens (tertiary/aromatic N) is 1. The lowest BCUT2D eigenvalue weighted by molar-refractivity contribution is 0.197. The van der Waals surface area contributed by atoms with Gasteiger partial charge in [-0.2, -0.15) is 0 Å². The van der Waals surface area contributed by atoms with Crippen molar-refractivity contribution in [3.63, 3.8) is 0 Å². The molecule has 90 valence electrons. The predicted molar refractivity (Wildman–Crippen MR) is 73.1 cm³/mol. The second-order valence-corrected chi connectivity index (χ2v) is 5.51. The van der Waals surface area contributed by atoms with Crippen LogP contribution in [0.15, 0.2) is 30.3 Å². The van der Waals surface area contributed by atoms with Crippen LogP contribution in [0.4, 0.5) is 0 Å². The van der Waals surface area contributed by atoms with Crippen LogP contribution in [0.3, 0.4) is 0 Å². The minimum absolute atomic E-state index is 0.768. The van der Waals surface area contributed by atoms with E-state index < -0.39 is 0 Å². The summed E-state index contributed by atoms with van der Waals surface area (Å²) in [4.78, 5) is 2.46. The van der Waals surface area contributed by atoms with Crippen molar-refractivity contribution < 1.29 is 0 Å². The minimum atomic E-state index is 0.768. The summed E-state index contributed by atoms with van der Waals surface area (Å²) in [6.07, 6.45) is 8.63. The third kappa shape index (κ3) is 2.16. The summed E-state index contributed by atoms with van der Waals surface area (Å²) in [7, 11) is 2.24. The van der Waals surface area contributed by atoms with Gasteiger partial charge in [0.1, 0.15) is 0 Å². The molecule has 1 atom stereocenters. The maximum absolute atomic E-state index is 2.46. The molecule has 1 heteroatoms. The normalized spacial score (nSPS) is 25.8. The van der Waals surface area contributed by atoms with Gasteiger partial charge < -0.3 is 4.90 Å². The molecule has 1 aliphatic carbocycles. The van der Waals surface area contributed by atoms with Crippen molar-refractivity contribution in [2.45, 2.75) is 25.2 Å². The fraction of sp³-hybridized carbons (Fsp3) is 0.500. The van der Waals surface area contributed by atoms with Gasteiger partial charge in [0, 0.05) is 0 Å². The summed E-state index contributed by atoms with van der Waals surface area (Å²) in [5.41, 5.74) is 3.03. The molecule has 0 N–H and O–H groups in total. The zero-order valence-electron chi connectivity index (χ0n) is 10.6. The lowest BCUT2D eigenvalue weighted by Gasteiger charge is -2.36. The Bertz CT molecular complexity index is 413. The molecule has 1 saturated heterocycles. The van der Waals surface area contributed by atoms with Crippen LogP contribution in [-0.2, 0) is 0 Å². The van der Waals surface area contributed by atoms with Gasteiger partial charge in [0.25, 0.3) is 0 Å². The number of hydrogen-bond acceptors (Lipinski definition) is 1. The van der Waals surface area contributed by atoms with Crippen LogP contribution in [0.1, 0.15) is 36.3 Å². The second-order valence-electron chi connectivity index (χ2n) is 5.51. The molecule has 0 radical (unpaired) electrons. The van der Waals surface area contributed by atoms with Gasteiger partial charge in [0.2, 0.25) is 0 Å². The highest BCUT2D eigenvalue weighted by molar-refractivity contribution is 5.57. The first-order valence-electron chi connectivity index (χ1n) is 6.78. The molecule has 0 bridgehead atoms. The van der Waals surface area contributed by atoms with E-state index in [1.807, 2.05) is 0 Å². The molecular formula is C16H21N. The van der Waals surface area contributed by atoms with Crippen LogP contribution in [0.2, 0.25) is 0 Å². The Balaban J connectivity index is 1.83. The molecule has 1 fully saturated rings. The van der Waals surface area contributed by atoms with Gasteiger partial charge >= 0.3 is 0 Å². The quantitative estimate of drug-likeness (QED) is 0.709. The smallest absolute Gasteiger partial charge is 0.00189 e. The molecular weight excluding hydrogens is 206 g/mol. The molecule has 1 aromatic rings. The number of allylic oxidation sites excluding steroid dienone is 1. The standard InChI is InChI=1S/C16H21N/c1-17-11-9-14(10-12-17)16-8-4-6-13-5-2-3-7-15(13)16/h2-7,14,16H,8-12H2,1H3. The highest BCUT2D eigenvalue weighted by Gasteiger charge is 2.28. The summed E-state index contributed by atoms with van der Waals surface area (Å²) >= 11 is 0. The van der Waals surface area contributed by atoms with Gasteiger partial charge in [-0.25, -0.2) is 0 Å². The van der Waals surface area contributed by atoms with Gasteiger partial charge in [-0.3, -0.25) is 0 Å². The summed E-state index contributed by atoms with van der Waals surface area (Å²) in [6.45, 7) is 2.54. The van der Waals surface area contributed by atoms with Gasteiger partial charge in [-0.1, -0.05) is 36.4 Å². The van der Waals surface area contributed by atoms with E-state index >= 15 is 0 Å². The van der Waals surface area contributed by atoms with Gasteiger partial charge in [-0.15, -0.1) is 0 Å². The molecule has 1 unspecified atom stereocenters. The molecule has 1 aromatic carbocycles. The van der Waals surface area contributed by atoms with Crippen LogP contribution < -0.4 is 0 Å². The number of benzene rings is 1. The zero-order valence-corrected chi connectivity index (χ0v) is 10.6. The highest BCUT2D eigenvalue weighted by Crippen LogP contribution is 2.39. The van der Waals surface area contributed by atoms with Gasteiger partial charge in [0.05, 0.1) is 0 Å². The Morgan fingerprint density at radius 2 is 1.88 bits per heavy atom. The molecule has 0 aromatic heterocycles. The van der Waals surface area contributed by atoms with Crippen LogP contribution in [0.5, 0.6) is 0 Å². The van der Waals surface area contributed by atoms with Crippen molar-refractivity contribution >= 4 is 6.08 Å². The first-order valence-corrected chi connectivity index (χ1v) is 6.78. The first kappa shape index (κ1) is 11.0. The summed E-state index contributed by atoms with van der Waals surface area (Å²) < 4.78 is 0. The SMILES string of the molecule is CN1CCC(C2CC=Cc3ccccc32)CC1. The van der Waals surface area contributed by atoms with Crippen molar-refractivity contribution in [3.8, 4) is 0 Å². The molecule has 3 rings (SSSR count). The van der Waals surface area contributed by atoms with Crippen LogP contribution in [-0.4, -0.2) is 25.0 Å². The first-order chi connectivity index (χ1) is 8.34. The average Bonchev–Trinajstić information content (AvgIpc) is 2.39. The zero-order chi connectivity index (χ0) is 11.7. The largest absolute Gasteiger partial charge is 0.306 e. The number of hydrogen-bond donors (Lipinski definition) is 0. The third-order valence-corrected chi connectivity index (χ3v) is 4.42. The molecule has 2 aliphatic rings. The van der Waals surface area contributed by atoms with Crippen molar-refractivity contribution in [2.75, 3.05) is 20.1 Å². The van der Waals surface area contributed by atoms with E-state index in [-0.39, 0.29) is 0 Å². The topological polar surface area (TPSA) is 3.24 Å². The molecule has 0 saturated carbocycles. The highest BCUT2D eigenvalue weighted by atomic mass is 15.1. The van der Waals surface area contributed by atoms with Gasteiger partial charge in [-0.05, 0) is 62.4 Å². The fourth-order valence-electron chi connectivity index (χ4n) is 3.35. The summed E-state index contributed by atoms with van der Waals surface area (Å²) in [5.74, 6) is 1.65. The maximum Gasteiger partial charge on any atom is -0.00189 e. The Morgan fingerprint density at radius 1 is 1.12 bits per heavy atom. The van der Waals surface area contributed by atoms with E-state index in [4.69, 9.17) is 0 Å². The molecule has 17 heavy (non-hydrogen) atoms. The molecule has 1 nitrogen and oxygen atoms in total. The van der Waals surface area contributed by atoms with E-state index in [1.54, 1.807) is 5.56 Å². The van der Waals surface area contributed by atoms with Crippen molar-refractivity contribution in [1.82, 2.24) is 4.90 Å². The predicted octanol–water partition coefficient (Wildman–Crippen LogP) is 3.53. The van der Waals surface area contributed by atoms with Crippen molar-refractivity contribution in [3.05, 3.63) is 41.5 Å². The van der Waals surface area contributed by atoms with E-state index in [0.717, 1.165) is 11.8 Å². The Hall–Kier alpha value is -1.08. The van der Waals surface area contributed by atoms with E-state index in [9.17, 15) is 0 Å². The van der Waals surface area contributed by atoms with Crippen LogP contribution in [0, 0.1) is 5.92 Å². The Morgan fingerprint density at radius 3 is 2.71 bits per heavy atom. The monoisotopic (exact) mass is 227 g/mol. The fourth-order valence-corrected chi connectivity index (χ4v) is 3.35. The Labute approximate surface area is 104 Å². The van der Waals surface area contributed by atoms with E-state index in [2.05, 4.69) is 48.4 Å². The molecule has 1 heterocycles. The average molecular weight is 227 g/mol. The minimum Gasteiger partial charge on any atom is -0.306 e. The van der Waals surface area contributed by atoms with Crippen LogP contribution >= 0.6 is 0 Å². The van der Waals surface area contributed by atoms with Crippen molar-refractivity contribution in [2.24, 2.45) is 5.92 Å². The van der Waals surface area contributed by atoms with Crippen molar-refractivity contribution in [1.29, 1.82) is 0 Å². The number of likely N-dealkylation sites (tertiary alicyclic amines) is 1. The third-order valence-electron chi connectivity index (χ3n) is 4.42. The second kappa shape index (κ2) is 4.66. The van der Waals surface area contributed by atoms with E-state index in [1.165, 1.54) is 37.9 Å². The molecule has 0 amide bonds. The molecule has 0 spiro atoms. The van der Waals surface area contributed by atoms with E-state index in [0.29, 0.717) is 0 Å². The molecule has 1 aliphatic heterocycles. The number of piperidine rings is 1. The number of fused-ring (bicyclic) bond motifs is 1. The number of rotatable bonds is 1. The lowest BCUT2D eigenvalue weighted by Crippen LogP contribution is -2.33. The summed E-state index contributed by atoms with van der Waals surface area (Å²) in [6, 6.07) is 8.94. The van der Waals surface area contributed by atoms with Gasteiger partial charge in [0.15, 0.2) is 0 Å². The summed E-state index contributed by atoms with van der Waals surface area (Å²) in [5, 5.41) is 0. The van der Waals surface area contributed by atoms with Crippen LogP contribution in [0.25, 0.3) is 6.08 Å².